The third-order valence-electron chi connectivity index (χ3n) is 5.06. The van der Waals surface area contributed by atoms with Crippen molar-refractivity contribution in [1.82, 2.24) is 4.90 Å². The van der Waals surface area contributed by atoms with E-state index in [0.717, 1.165) is 10.5 Å². The second-order valence-electron chi connectivity index (χ2n) is 6.70. The number of likely N-dealkylation sites (tertiary alicyclic amines) is 1. The first-order chi connectivity index (χ1) is 11.6. The number of amides is 1. The molecule has 2 aliphatic rings. The first-order valence-electron chi connectivity index (χ1n) is 8.00. The van der Waals surface area contributed by atoms with E-state index in [9.17, 15) is 33.0 Å². The summed E-state index contributed by atoms with van der Waals surface area (Å²) >= 11 is 0. The Morgan fingerprint density at radius 2 is 1.80 bits per heavy atom. The maximum Gasteiger partial charge on any atom is 0.419 e. The van der Waals surface area contributed by atoms with Gasteiger partial charge in [-0.05, 0) is 23.6 Å². The van der Waals surface area contributed by atoms with Crippen molar-refractivity contribution in [2.75, 3.05) is 13.1 Å². The standard InChI is InChI=1S/C17H18F3NO4/c18-17(19,20)16(25)5-6-21(9-14(16)23)15(24)11-3-1-10(2-4-11)12-7-13(22)8-12/h1-4,12,14,23,25H,5-9H2/t14-,16+/m1/s1. The quantitative estimate of drug-likeness (QED) is 0.844. The van der Waals surface area contributed by atoms with Gasteiger partial charge in [-0.15, -0.1) is 0 Å². The van der Waals surface area contributed by atoms with E-state index in [4.69, 9.17) is 0 Å². The van der Waals surface area contributed by atoms with Crippen LogP contribution in [0.25, 0.3) is 0 Å². The number of carbonyl (C=O) groups is 2. The van der Waals surface area contributed by atoms with Crippen molar-refractivity contribution >= 4 is 11.7 Å². The lowest BCUT2D eigenvalue weighted by atomic mass is 9.79. The van der Waals surface area contributed by atoms with Gasteiger partial charge in [0.2, 0.25) is 0 Å². The Balaban J connectivity index is 1.67. The van der Waals surface area contributed by atoms with Crippen LogP contribution in [-0.4, -0.2) is 57.8 Å². The van der Waals surface area contributed by atoms with Crippen LogP contribution >= 0.6 is 0 Å². The molecule has 1 aliphatic heterocycles. The number of halogens is 3. The number of hydrogen-bond acceptors (Lipinski definition) is 4. The number of rotatable bonds is 2. The van der Waals surface area contributed by atoms with Crippen molar-refractivity contribution in [2.45, 2.75) is 43.1 Å². The normalized spacial score (nSPS) is 28.0. The molecule has 1 aliphatic carbocycles. The number of alkyl halides is 3. The van der Waals surface area contributed by atoms with Gasteiger partial charge in [0.25, 0.3) is 5.91 Å². The molecule has 1 saturated heterocycles. The van der Waals surface area contributed by atoms with Crippen LogP contribution in [0.5, 0.6) is 0 Å². The molecule has 0 radical (unpaired) electrons. The van der Waals surface area contributed by atoms with Crippen LogP contribution in [0.1, 0.15) is 41.1 Å². The Bertz CT molecular complexity index is 680. The summed E-state index contributed by atoms with van der Waals surface area (Å²) in [6.07, 6.45) is -6.84. The van der Waals surface area contributed by atoms with Crippen molar-refractivity contribution in [3.63, 3.8) is 0 Å². The minimum atomic E-state index is -4.95. The topological polar surface area (TPSA) is 77.8 Å². The Morgan fingerprint density at radius 1 is 1.20 bits per heavy atom. The summed E-state index contributed by atoms with van der Waals surface area (Å²) in [5.74, 6) is -0.139. The Morgan fingerprint density at radius 3 is 2.28 bits per heavy atom. The lowest BCUT2D eigenvalue weighted by Gasteiger charge is -2.42. The minimum absolute atomic E-state index is 0.162. The summed E-state index contributed by atoms with van der Waals surface area (Å²) in [5.41, 5.74) is -1.95. The largest absolute Gasteiger partial charge is 0.419 e. The molecule has 2 atom stereocenters. The molecular weight excluding hydrogens is 339 g/mol. The molecule has 0 aromatic heterocycles. The number of carbonyl (C=O) groups excluding carboxylic acids is 2. The summed E-state index contributed by atoms with van der Waals surface area (Å²) in [6, 6.07) is 6.60. The van der Waals surface area contributed by atoms with Gasteiger partial charge in [-0.3, -0.25) is 9.59 Å². The van der Waals surface area contributed by atoms with Gasteiger partial charge in [0.05, 0.1) is 6.54 Å². The lowest BCUT2D eigenvalue weighted by molar-refractivity contribution is -0.301. The third kappa shape index (κ3) is 3.16. The average molecular weight is 357 g/mol. The van der Waals surface area contributed by atoms with Crippen molar-refractivity contribution in [1.29, 1.82) is 0 Å². The highest BCUT2D eigenvalue weighted by Crippen LogP contribution is 2.39. The first-order valence-corrected chi connectivity index (χ1v) is 8.00. The van der Waals surface area contributed by atoms with Crippen LogP contribution in [0, 0.1) is 0 Å². The summed E-state index contributed by atoms with van der Waals surface area (Å²) in [6.45, 7) is -0.890. The van der Waals surface area contributed by atoms with Gasteiger partial charge in [-0.2, -0.15) is 13.2 Å². The maximum atomic E-state index is 12.9. The molecule has 1 saturated carbocycles. The molecule has 0 unspecified atom stereocenters. The van der Waals surface area contributed by atoms with Crippen LogP contribution < -0.4 is 0 Å². The van der Waals surface area contributed by atoms with E-state index in [0.29, 0.717) is 18.4 Å². The fraction of sp³-hybridized carbons (Fsp3) is 0.529. The number of Topliss-reactive ketones (excluding diaryl/α,β-unsaturated/α-hetero) is 1. The molecule has 1 aromatic rings. The van der Waals surface area contributed by atoms with Gasteiger partial charge in [0.1, 0.15) is 11.9 Å². The zero-order chi connectivity index (χ0) is 18.4. The van der Waals surface area contributed by atoms with Crippen LogP contribution in [0.15, 0.2) is 24.3 Å². The van der Waals surface area contributed by atoms with Crippen molar-refractivity contribution < 1.29 is 33.0 Å². The van der Waals surface area contributed by atoms with Crippen LogP contribution in [0.2, 0.25) is 0 Å². The molecule has 1 aromatic carbocycles. The molecule has 25 heavy (non-hydrogen) atoms. The van der Waals surface area contributed by atoms with Gasteiger partial charge in [-0.1, -0.05) is 12.1 Å². The predicted octanol–water partition coefficient (Wildman–Crippen LogP) is 1.63. The van der Waals surface area contributed by atoms with Crippen LogP contribution in [0.4, 0.5) is 13.2 Å². The Hall–Kier alpha value is -1.93. The molecule has 0 spiro atoms. The Labute approximate surface area is 142 Å². The van der Waals surface area contributed by atoms with Gasteiger partial charge in [-0.25, -0.2) is 0 Å². The number of β-amino-alcohol motifs (C(OH)–C–C–N with tert-alkyl or cyclic N) is 1. The van der Waals surface area contributed by atoms with Gasteiger partial charge in [0.15, 0.2) is 5.60 Å². The van der Waals surface area contributed by atoms with Crippen molar-refractivity contribution in [3.05, 3.63) is 35.4 Å². The van der Waals surface area contributed by atoms with E-state index in [1.165, 1.54) is 0 Å². The minimum Gasteiger partial charge on any atom is -0.388 e. The number of hydrogen-bond donors (Lipinski definition) is 2. The van der Waals surface area contributed by atoms with Gasteiger partial charge >= 0.3 is 6.18 Å². The maximum absolute atomic E-state index is 12.9. The molecule has 2 N–H and O–H groups in total. The fourth-order valence-corrected chi connectivity index (χ4v) is 3.24. The average Bonchev–Trinajstić information content (AvgIpc) is 2.53. The molecule has 8 heteroatoms. The second-order valence-corrected chi connectivity index (χ2v) is 6.70. The smallest absolute Gasteiger partial charge is 0.388 e. The number of aliphatic hydroxyl groups excluding tert-OH is 1. The zero-order valence-electron chi connectivity index (χ0n) is 13.3. The summed E-state index contributed by atoms with van der Waals surface area (Å²) < 4.78 is 38.6. The van der Waals surface area contributed by atoms with Crippen LogP contribution in [0.3, 0.4) is 0 Å². The van der Waals surface area contributed by atoms with Crippen molar-refractivity contribution in [3.8, 4) is 0 Å². The molecule has 5 nitrogen and oxygen atoms in total. The van der Waals surface area contributed by atoms with E-state index in [-0.39, 0.29) is 18.2 Å². The van der Waals surface area contributed by atoms with E-state index < -0.39 is 36.8 Å². The highest BCUT2D eigenvalue weighted by atomic mass is 19.4. The Kier molecular flexibility index (Phi) is 4.36. The molecule has 3 rings (SSSR count). The first kappa shape index (κ1) is 17.9. The molecule has 1 amide bonds. The van der Waals surface area contributed by atoms with Gasteiger partial charge in [0, 0.05) is 31.4 Å². The summed E-state index contributed by atoms with van der Waals surface area (Å²) in [4.78, 5) is 24.6. The number of nitrogens with zero attached hydrogens (tertiary/aromatic N) is 1. The monoisotopic (exact) mass is 357 g/mol. The molecule has 136 valence electrons. The molecule has 1 heterocycles. The number of piperidine rings is 1. The van der Waals surface area contributed by atoms with Crippen molar-refractivity contribution in [2.24, 2.45) is 0 Å². The van der Waals surface area contributed by atoms with Gasteiger partial charge < -0.3 is 15.1 Å². The summed E-state index contributed by atoms with van der Waals surface area (Å²) in [7, 11) is 0. The lowest BCUT2D eigenvalue weighted by Crippen LogP contribution is -2.63. The number of benzene rings is 1. The van der Waals surface area contributed by atoms with E-state index >= 15 is 0 Å². The highest BCUT2D eigenvalue weighted by Gasteiger charge is 2.60. The van der Waals surface area contributed by atoms with E-state index in [2.05, 4.69) is 0 Å². The zero-order valence-corrected chi connectivity index (χ0v) is 13.3. The highest BCUT2D eigenvalue weighted by molar-refractivity contribution is 5.94. The van der Waals surface area contributed by atoms with E-state index in [1.807, 2.05) is 0 Å². The third-order valence-corrected chi connectivity index (χ3v) is 5.06. The SMILES string of the molecule is O=C1CC(c2ccc(C(=O)N3CC[C@@](O)(C(F)(F)F)[C@H](O)C3)cc2)C1. The van der Waals surface area contributed by atoms with E-state index in [1.54, 1.807) is 24.3 Å². The second kappa shape index (κ2) is 6.10. The summed E-state index contributed by atoms with van der Waals surface area (Å²) in [5, 5.41) is 19.4. The molecule has 0 bridgehead atoms. The number of aliphatic hydroxyl groups is 2. The molecular formula is C17H18F3NO4. The van der Waals surface area contributed by atoms with Crippen LogP contribution in [-0.2, 0) is 4.79 Å². The fourth-order valence-electron chi connectivity index (χ4n) is 3.24. The number of ketones is 1. The predicted molar refractivity (Wildman–Crippen MR) is 81.0 cm³/mol. The molecule has 2 fully saturated rings.